The predicted octanol–water partition coefficient (Wildman–Crippen LogP) is 1.67. The summed E-state index contributed by atoms with van der Waals surface area (Å²) >= 11 is 0. The molecule has 3 nitrogen and oxygen atoms in total. The molecule has 0 amide bonds. The highest BCUT2D eigenvalue weighted by atomic mass is 35.5. The fraction of sp³-hybridized carbons (Fsp3) is 0.615. The minimum Gasteiger partial charge on any atom is -0.327 e. The summed E-state index contributed by atoms with van der Waals surface area (Å²) in [4.78, 5) is 6.70. The second-order valence-electron chi connectivity index (χ2n) is 5.22. The molecule has 17 heavy (non-hydrogen) atoms. The third-order valence-corrected chi connectivity index (χ3v) is 4.12. The maximum absolute atomic E-state index is 6.14. The van der Waals surface area contributed by atoms with Crippen LogP contribution in [0.25, 0.3) is 0 Å². The first kappa shape index (κ1) is 12.8. The van der Waals surface area contributed by atoms with Crippen LogP contribution in [-0.2, 0) is 6.54 Å². The van der Waals surface area contributed by atoms with E-state index in [0.29, 0.717) is 6.04 Å². The first-order chi connectivity index (χ1) is 7.83. The van der Waals surface area contributed by atoms with Gasteiger partial charge in [-0.15, -0.1) is 12.4 Å². The number of nitrogens with two attached hydrogens (primary N) is 1. The third kappa shape index (κ3) is 2.62. The molecule has 0 bridgehead atoms. The standard InChI is InChI=1S/C13H19N3.ClH/c14-13-4-3-11-8-16(9-12(11)13)7-10-2-1-5-15-6-10;/h1-2,5-6,11-13H,3-4,7-9,14H2;1H. The van der Waals surface area contributed by atoms with Crippen molar-refractivity contribution < 1.29 is 0 Å². The second kappa shape index (κ2) is 5.34. The van der Waals surface area contributed by atoms with E-state index in [1.165, 1.54) is 31.5 Å². The molecular weight excluding hydrogens is 234 g/mol. The smallest absolute Gasteiger partial charge is 0.0312 e. The van der Waals surface area contributed by atoms with Gasteiger partial charge in [-0.05, 0) is 36.3 Å². The molecule has 2 fully saturated rings. The van der Waals surface area contributed by atoms with Gasteiger partial charge in [-0.1, -0.05) is 6.07 Å². The van der Waals surface area contributed by atoms with E-state index in [1.807, 2.05) is 18.5 Å². The molecule has 2 N–H and O–H groups in total. The quantitative estimate of drug-likeness (QED) is 0.872. The molecule has 3 rings (SSSR count). The molecule has 1 aromatic heterocycles. The van der Waals surface area contributed by atoms with Crippen LogP contribution in [0.5, 0.6) is 0 Å². The van der Waals surface area contributed by atoms with Gasteiger partial charge in [0, 0.05) is 38.1 Å². The van der Waals surface area contributed by atoms with E-state index >= 15 is 0 Å². The van der Waals surface area contributed by atoms with E-state index < -0.39 is 0 Å². The van der Waals surface area contributed by atoms with E-state index in [4.69, 9.17) is 5.73 Å². The van der Waals surface area contributed by atoms with Gasteiger partial charge in [0.05, 0.1) is 0 Å². The summed E-state index contributed by atoms with van der Waals surface area (Å²) in [6.07, 6.45) is 6.36. The lowest BCUT2D eigenvalue weighted by Gasteiger charge is -2.18. The molecule has 4 heteroatoms. The van der Waals surface area contributed by atoms with Crippen LogP contribution in [0.4, 0.5) is 0 Å². The maximum Gasteiger partial charge on any atom is 0.0312 e. The fourth-order valence-corrected chi connectivity index (χ4v) is 3.28. The van der Waals surface area contributed by atoms with Crippen LogP contribution in [0.1, 0.15) is 18.4 Å². The summed E-state index contributed by atoms with van der Waals surface area (Å²) in [5.41, 5.74) is 7.45. The molecular formula is C13H20ClN3. The van der Waals surface area contributed by atoms with E-state index in [2.05, 4.69) is 16.0 Å². The summed E-state index contributed by atoms with van der Waals surface area (Å²) in [6.45, 7) is 3.45. The highest BCUT2D eigenvalue weighted by Crippen LogP contribution is 2.37. The van der Waals surface area contributed by atoms with E-state index in [1.54, 1.807) is 0 Å². The summed E-state index contributed by atoms with van der Waals surface area (Å²) in [6, 6.07) is 4.61. The summed E-state index contributed by atoms with van der Waals surface area (Å²) in [5, 5.41) is 0. The predicted molar refractivity (Wildman–Crippen MR) is 71.0 cm³/mol. The molecule has 1 aromatic rings. The van der Waals surface area contributed by atoms with Crippen molar-refractivity contribution in [3.05, 3.63) is 30.1 Å². The number of halogens is 1. The lowest BCUT2D eigenvalue weighted by atomic mass is 9.98. The van der Waals surface area contributed by atoms with Gasteiger partial charge >= 0.3 is 0 Å². The van der Waals surface area contributed by atoms with Crippen LogP contribution in [-0.4, -0.2) is 29.0 Å². The van der Waals surface area contributed by atoms with Crippen LogP contribution in [0, 0.1) is 11.8 Å². The minimum absolute atomic E-state index is 0. The van der Waals surface area contributed by atoms with Gasteiger partial charge in [0.1, 0.15) is 0 Å². The first-order valence-corrected chi connectivity index (χ1v) is 6.20. The average Bonchev–Trinajstić information content (AvgIpc) is 2.83. The Balaban J connectivity index is 0.00000108. The molecule has 0 radical (unpaired) electrons. The number of hydrogen-bond acceptors (Lipinski definition) is 3. The van der Waals surface area contributed by atoms with Gasteiger partial charge in [0.2, 0.25) is 0 Å². The van der Waals surface area contributed by atoms with Crippen molar-refractivity contribution in [1.82, 2.24) is 9.88 Å². The number of hydrogen-bond donors (Lipinski definition) is 1. The molecule has 0 aromatic carbocycles. The first-order valence-electron chi connectivity index (χ1n) is 6.20. The minimum atomic E-state index is 0. The highest BCUT2D eigenvalue weighted by molar-refractivity contribution is 5.85. The van der Waals surface area contributed by atoms with Crippen LogP contribution in [0.15, 0.2) is 24.5 Å². The number of fused-ring (bicyclic) bond motifs is 1. The van der Waals surface area contributed by atoms with Gasteiger partial charge < -0.3 is 5.73 Å². The Morgan fingerprint density at radius 2 is 2.24 bits per heavy atom. The van der Waals surface area contributed by atoms with Gasteiger partial charge in [-0.25, -0.2) is 0 Å². The van der Waals surface area contributed by atoms with Crippen LogP contribution < -0.4 is 5.73 Å². The van der Waals surface area contributed by atoms with Crippen LogP contribution in [0.3, 0.4) is 0 Å². The Morgan fingerprint density at radius 1 is 1.35 bits per heavy atom. The molecule has 3 unspecified atom stereocenters. The largest absolute Gasteiger partial charge is 0.327 e. The topological polar surface area (TPSA) is 42.1 Å². The van der Waals surface area contributed by atoms with Crippen molar-refractivity contribution in [2.24, 2.45) is 17.6 Å². The van der Waals surface area contributed by atoms with Crippen molar-refractivity contribution in [1.29, 1.82) is 0 Å². The number of likely N-dealkylation sites (tertiary alicyclic amines) is 1. The lowest BCUT2D eigenvalue weighted by Crippen LogP contribution is -2.30. The molecule has 2 heterocycles. The number of nitrogens with zero attached hydrogens (tertiary/aromatic N) is 2. The fourth-order valence-electron chi connectivity index (χ4n) is 3.28. The molecule has 0 spiro atoms. The molecule has 94 valence electrons. The normalized spacial score (nSPS) is 32.2. The zero-order valence-electron chi connectivity index (χ0n) is 9.96. The van der Waals surface area contributed by atoms with Gasteiger partial charge in [-0.3, -0.25) is 9.88 Å². The van der Waals surface area contributed by atoms with Gasteiger partial charge in [0.15, 0.2) is 0 Å². The van der Waals surface area contributed by atoms with E-state index in [0.717, 1.165) is 18.4 Å². The van der Waals surface area contributed by atoms with Crippen molar-refractivity contribution in [3.8, 4) is 0 Å². The number of rotatable bonds is 2. The van der Waals surface area contributed by atoms with Crippen molar-refractivity contribution in [2.75, 3.05) is 13.1 Å². The average molecular weight is 254 g/mol. The second-order valence-corrected chi connectivity index (χ2v) is 5.22. The zero-order chi connectivity index (χ0) is 11.0. The summed E-state index contributed by atoms with van der Waals surface area (Å²) in [5.74, 6) is 1.60. The molecule has 3 atom stereocenters. The zero-order valence-corrected chi connectivity index (χ0v) is 10.8. The molecule has 1 aliphatic heterocycles. The Hall–Kier alpha value is -0.640. The van der Waals surface area contributed by atoms with Crippen LogP contribution in [0.2, 0.25) is 0 Å². The molecule has 1 saturated carbocycles. The number of pyridine rings is 1. The third-order valence-electron chi connectivity index (χ3n) is 4.12. The van der Waals surface area contributed by atoms with Gasteiger partial charge in [0.25, 0.3) is 0 Å². The molecule has 1 aliphatic carbocycles. The van der Waals surface area contributed by atoms with Crippen molar-refractivity contribution in [2.45, 2.75) is 25.4 Å². The molecule has 1 saturated heterocycles. The Bertz CT molecular complexity index is 357. The van der Waals surface area contributed by atoms with Crippen molar-refractivity contribution >= 4 is 12.4 Å². The Labute approximate surface area is 109 Å². The Kier molecular flexibility index (Phi) is 4.02. The maximum atomic E-state index is 6.14. The lowest BCUT2D eigenvalue weighted by molar-refractivity contribution is 0.298. The molecule has 2 aliphatic rings. The van der Waals surface area contributed by atoms with E-state index in [9.17, 15) is 0 Å². The summed E-state index contributed by atoms with van der Waals surface area (Å²) < 4.78 is 0. The highest BCUT2D eigenvalue weighted by Gasteiger charge is 2.40. The van der Waals surface area contributed by atoms with Crippen molar-refractivity contribution in [3.63, 3.8) is 0 Å². The van der Waals surface area contributed by atoms with Crippen LogP contribution >= 0.6 is 12.4 Å². The van der Waals surface area contributed by atoms with Gasteiger partial charge in [-0.2, -0.15) is 0 Å². The van der Waals surface area contributed by atoms with E-state index in [-0.39, 0.29) is 12.4 Å². The number of aromatic nitrogens is 1. The Morgan fingerprint density at radius 3 is 2.94 bits per heavy atom. The SMILES string of the molecule is Cl.NC1CCC2CN(Cc3cccnc3)CC12. The summed E-state index contributed by atoms with van der Waals surface area (Å²) in [7, 11) is 0. The monoisotopic (exact) mass is 253 g/mol.